The molecular weight excluding hydrogens is 268 g/mol. The number of anilines is 1. The smallest absolute Gasteiger partial charge is 0.209 e. The number of methoxy groups -OCH3 is 1. The van der Waals surface area contributed by atoms with Gasteiger partial charge in [-0.25, -0.2) is 0 Å². The molecule has 1 aliphatic heterocycles. The molecule has 1 aromatic carbocycles. The van der Waals surface area contributed by atoms with Gasteiger partial charge in [-0.2, -0.15) is 0 Å². The van der Waals surface area contributed by atoms with Gasteiger partial charge in [0.1, 0.15) is 0 Å². The average Bonchev–Trinajstić information content (AvgIpc) is 2.46. The Kier molecular flexibility index (Phi) is 4.87. The average molecular weight is 285 g/mol. The van der Waals surface area contributed by atoms with E-state index >= 15 is 0 Å². The molecule has 6 heteroatoms. The largest absolute Gasteiger partial charge is 0.464 e. The Morgan fingerprint density at radius 1 is 1.32 bits per heavy atom. The van der Waals surface area contributed by atoms with Crippen LogP contribution in [0.4, 0.5) is 5.69 Å². The predicted octanol–water partition coefficient (Wildman–Crippen LogP) is 1.60. The number of rotatable bonds is 5. The van der Waals surface area contributed by atoms with Crippen LogP contribution in [0.2, 0.25) is 5.02 Å². The minimum Gasteiger partial charge on any atom is -0.464 e. The zero-order valence-corrected chi connectivity index (χ0v) is 11.6. The summed E-state index contributed by atoms with van der Waals surface area (Å²) in [5, 5.41) is 0.562. The van der Waals surface area contributed by atoms with Crippen molar-refractivity contribution in [2.45, 2.75) is 0 Å². The first kappa shape index (κ1) is 14.0. The Morgan fingerprint density at radius 3 is 2.68 bits per heavy atom. The van der Waals surface area contributed by atoms with E-state index in [9.17, 15) is 4.79 Å². The molecule has 19 heavy (non-hydrogen) atoms. The van der Waals surface area contributed by atoms with Crippen LogP contribution in [0.3, 0.4) is 0 Å². The lowest BCUT2D eigenvalue weighted by atomic mass is 10.2. The molecule has 1 aliphatic rings. The molecule has 5 nitrogen and oxygen atoms in total. The first-order valence-corrected chi connectivity index (χ1v) is 6.48. The fourth-order valence-corrected chi connectivity index (χ4v) is 2.30. The molecule has 0 atom stereocenters. The fraction of sp³-hybridized carbons (Fsp3) is 0.462. The second-order valence-electron chi connectivity index (χ2n) is 4.27. The summed E-state index contributed by atoms with van der Waals surface area (Å²) in [6, 6.07) is 5.65. The molecule has 1 aromatic rings. The summed E-state index contributed by atoms with van der Waals surface area (Å²) in [5.41, 5.74) is 0.940. The molecule has 0 aromatic heterocycles. The Hall–Kier alpha value is -1.46. The van der Waals surface area contributed by atoms with Crippen molar-refractivity contribution in [1.29, 1.82) is 0 Å². The monoisotopic (exact) mass is 284 g/mol. The molecule has 0 radical (unpaired) electrons. The number of benzene rings is 1. The second kappa shape index (κ2) is 6.63. The van der Waals surface area contributed by atoms with Gasteiger partial charge < -0.3 is 19.3 Å². The molecule has 1 heterocycles. The highest BCUT2D eigenvalue weighted by atomic mass is 35.5. The van der Waals surface area contributed by atoms with Gasteiger partial charge in [-0.15, -0.1) is 0 Å². The molecule has 0 N–H and O–H groups in total. The van der Waals surface area contributed by atoms with Crippen molar-refractivity contribution in [1.82, 2.24) is 4.90 Å². The maximum absolute atomic E-state index is 10.7. The molecule has 1 amide bonds. The summed E-state index contributed by atoms with van der Waals surface area (Å²) >= 11 is 6.17. The lowest BCUT2D eigenvalue weighted by molar-refractivity contribution is -0.118. The minimum absolute atomic E-state index is 0.158. The van der Waals surface area contributed by atoms with Crippen LogP contribution < -0.4 is 9.64 Å². The first-order chi connectivity index (χ1) is 9.26. The van der Waals surface area contributed by atoms with Crippen molar-refractivity contribution in [2.24, 2.45) is 0 Å². The van der Waals surface area contributed by atoms with Crippen LogP contribution in [0.5, 0.6) is 5.75 Å². The van der Waals surface area contributed by atoms with Crippen molar-refractivity contribution in [3.05, 3.63) is 23.2 Å². The summed E-state index contributed by atoms with van der Waals surface area (Å²) in [4.78, 5) is 14.6. The van der Waals surface area contributed by atoms with Crippen LogP contribution in [-0.2, 0) is 9.53 Å². The van der Waals surface area contributed by atoms with Gasteiger partial charge in [0.05, 0.1) is 10.7 Å². The zero-order chi connectivity index (χ0) is 13.7. The van der Waals surface area contributed by atoms with Crippen LogP contribution in [0.25, 0.3) is 0 Å². The first-order valence-electron chi connectivity index (χ1n) is 6.11. The summed E-state index contributed by atoms with van der Waals surface area (Å²) in [6.07, 6.45) is 0.887. The zero-order valence-electron chi connectivity index (χ0n) is 10.8. The fourth-order valence-electron chi connectivity index (χ4n) is 2.08. The van der Waals surface area contributed by atoms with E-state index < -0.39 is 0 Å². The van der Waals surface area contributed by atoms with E-state index in [2.05, 4.69) is 4.90 Å². The van der Waals surface area contributed by atoms with E-state index in [0.717, 1.165) is 25.2 Å². The van der Waals surface area contributed by atoms with Gasteiger partial charge in [-0.05, 0) is 12.1 Å². The summed E-state index contributed by atoms with van der Waals surface area (Å²) < 4.78 is 10.5. The molecule has 0 saturated carbocycles. The quantitative estimate of drug-likeness (QED) is 0.608. The number of piperazine rings is 1. The highest BCUT2D eigenvalue weighted by Gasteiger charge is 2.20. The number of carbonyl (C=O) groups excluding carboxylic acids is 1. The van der Waals surface area contributed by atoms with E-state index in [-0.39, 0.29) is 6.79 Å². The van der Waals surface area contributed by atoms with Crippen LogP contribution in [0, 0.1) is 0 Å². The number of amides is 1. The maximum Gasteiger partial charge on any atom is 0.209 e. The highest BCUT2D eigenvalue weighted by molar-refractivity contribution is 6.32. The lowest BCUT2D eigenvalue weighted by Crippen LogP contribution is -2.45. The van der Waals surface area contributed by atoms with E-state index in [1.165, 1.54) is 0 Å². The third kappa shape index (κ3) is 3.30. The molecule has 0 bridgehead atoms. The molecular formula is C13H17ClN2O3. The molecule has 0 spiro atoms. The minimum atomic E-state index is 0.158. The van der Waals surface area contributed by atoms with Crippen molar-refractivity contribution in [3.8, 4) is 5.75 Å². The van der Waals surface area contributed by atoms with Gasteiger partial charge in [0.15, 0.2) is 12.5 Å². The van der Waals surface area contributed by atoms with Gasteiger partial charge >= 0.3 is 0 Å². The Morgan fingerprint density at radius 2 is 2.05 bits per heavy atom. The van der Waals surface area contributed by atoms with Gasteiger partial charge in [0.25, 0.3) is 0 Å². The third-order valence-electron chi connectivity index (χ3n) is 3.07. The molecule has 2 rings (SSSR count). The number of carbonyl (C=O) groups is 1. The van der Waals surface area contributed by atoms with Crippen molar-refractivity contribution in [3.63, 3.8) is 0 Å². The third-order valence-corrected chi connectivity index (χ3v) is 3.37. The van der Waals surface area contributed by atoms with E-state index in [1.54, 1.807) is 18.1 Å². The predicted molar refractivity (Wildman–Crippen MR) is 73.8 cm³/mol. The number of nitrogens with zero attached hydrogens (tertiary/aromatic N) is 2. The summed E-state index contributed by atoms with van der Waals surface area (Å²) in [7, 11) is 1.57. The van der Waals surface area contributed by atoms with Crippen LogP contribution in [0.1, 0.15) is 0 Å². The summed E-state index contributed by atoms with van der Waals surface area (Å²) in [6.45, 7) is 3.11. The van der Waals surface area contributed by atoms with Crippen molar-refractivity contribution in [2.75, 3.05) is 45.0 Å². The number of hydrogen-bond donors (Lipinski definition) is 0. The molecule has 1 fully saturated rings. The van der Waals surface area contributed by atoms with Crippen molar-refractivity contribution >= 4 is 23.7 Å². The number of para-hydroxylation sites is 1. The van der Waals surface area contributed by atoms with Crippen molar-refractivity contribution < 1.29 is 14.3 Å². The normalized spacial score (nSPS) is 15.5. The van der Waals surface area contributed by atoms with E-state index in [4.69, 9.17) is 21.1 Å². The van der Waals surface area contributed by atoms with Gasteiger partial charge in [-0.1, -0.05) is 17.7 Å². The second-order valence-corrected chi connectivity index (χ2v) is 4.67. The number of hydrogen-bond acceptors (Lipinski definition) is 4. The van der Waals surface area contributed by atoms with Gasteiger partial charge in [0, 0.05) is 33.3 Å². The molecule has 0 unspecified atom stereocenters. The Bertz CT molecular complexity index is 434. The van der Waals surface area contributed by atoms with Gasteiger partial charge in [-0.3, -0.25) is 4.79 Å². The van der Waals surface area contributed by atoms with Gasteiger partial charge in [0.2, 0.25) is 6.41 Å². The Labute approximate surface area is 117 Å². The molecule has 1 saturated heterocycles. The highest BCUT2D eigenvalue weighted by Crippen LogP contribution is 2.35. The molecule has 104 valence electrons. The maximum atomic E-state index is 10.7. The number of ether oxygens (including phenoxy) is 2. The van der Waals surface area contributed by atoms with E-state index in [0.29, 0.717) is 23.9 Å². The van der Waals surface area contributed by atoms with Crippen LogP contribution in [0.15, 0.2) is 18.2 Å². The number of halogens is 1. The van der Waals surface area contributed by atoms with Crippen LogP contribution in [-0.4, -0.2) is 51.4 Å². The topological polar surface area (TPSA) is 42.0 Å². The van der Waals surface area contributed by atoms with Crippen LogP contribution >= 0.6 is 11.6 Å². The van der Waals surface area contributed by atoms with E-state index in [1.807, 2.05) is 12.1 Å². The SMILES string of the molecule is COCOc1c(Cl)cccc1N1CCN(C=O)CC1. The molecule has 0 aliphatic carbocycles. The Balaban J connectivity index is 2.15. The summed E-state index contributed by atoms with van der Waals surface area (Å²) in [5.74, 6) is 0.630. The lowest BCUT2D eigenvalue weighted by Gasteiger charge is -2.35. The standard InChI is InChI=1S/C13H17ClN2O3/c1-18-10-19-13-11(14)3-2-4-12(13)16-7-5-15(9-17)6-8-16/h2-4,9H,5-8,10H2,1H3.